The molecule has 60 valence electrons. The number of aliphatic hydroxyl groups excluding tert-OH is 1. The van der Waals surface area contributed by atoms with Crippen molar-refractivity contribution in [1.29, 1.82) is 0 Å². The monoisotopic (exact) mass is 144 g/mol. The summed E-state index contributed by atoms with van der Waals surface area (Å²) in [5.41, 5.74) is 11.0. The van der Waals surface area contributed by atoms with Crippen molar-refractivity contribution in [2.45, 2.75) is 31.4 Å². The third-order valence-corrected chi connectivity index (χ3v) is 2.38. The second-order valence-corrected chi connectivity index (χ2v) is 3.07. The van der Waals surface area contributed by atoms with Gasteiger partial charge < -0.3 is 16.6 Å². The minimum absolute atomic E-state index is 0.0845. The summed E-state index contributed by atoms with van der Waals surface area (Å²) in [4.78, 5) is 0. The van der Waals surface area contributed by atoms with Crippen molar-refractivity contribution < 1.29 is 5.11 Å². The van der Waals surface area contributed by atoms with Crippen LogP contribution in [0.15, 0.2) is 0 Å². The fourth-order valence-corrected chi connectivity index (χ4v) is 1.30. The number of hydrogen-bond donors (Lipinski definition) is 3. The summed E-state index contributed by atoms with van der Waals surface area (Å²) >= 11 is 0. The third kappa shape index (κ3) is 1.48. The van der Waals surface area contributed by atoms with Crippen LogP contribution in [0.25, 0.3) is 0 Å². The minimum atomic E-state index is -0.495. The average Bonchev–Trinajstić information content (AvgIpc) is 1.82. The SMILES string of the molecule is NCC(O)C(N)C1CCC1. The van der Waals surface area contributed by atoms with Crippen molar-refractivity contribution in [3.63, 3.8) is 0 Å². The van der Waals surface area contributed by atoms with Gasteiger partial charge in [0.2, 0.25) is 0 Å². The van der Waals surface area contributed by atoms with Crippen LogP contribution in [-0.2, 0) is 0 Å². The Labute approximate surface area is 61.4 Å². The maximum Gasteiger partial charge on any atom is 0.0815 e. The van der Waals surface area contributed by atoms with Crippen molar-refractivity contribution >= 4 is 0 Å². The molecule has 5 N–H and O–H groups in total. The molecule has 1 saturated carbocycles. The molecule has 0 amide bonds. The molecule has 0 aromatic heterocycles. The molecule has 0 saturated heterocycles. The average molecular weight is 144 g/mol. The Morgan fingerprint density at radius 2 is 2.10 bits per heavy atom. The second-order valence-electron chi connectivity index (χ2n) is 3.07. The zero-order valence-electron chi connectivity index (χ0n) is 6.16. The van der Waals surface area contributed by atoms with E-state index in [0.29, 0.717) is 5.92 Å². The predicted octanol–water partition coefficient (Wildman–Crippen LogP) is -0.567. The highest BCUT2D eigenvalue weighted by Crippen LogP contribution is 2.29. The molecule has 3 heteroatoms. The van der Waals surface area contributed by atoms with Crippen molar-refractivity contribution in [2.75, 3.05) is 6.54 Å². The number of nitrogens with two attached hydrogens (primary N) is 2. The lowest BCUT2D eigenvalue weighted by Crippen LogP contribution is -2.47. The third-order valence-electron chi connectivity index (χ3n) is 2.38. The van der Waals surface area contributed by atoms with Gasteiger partial charge >= 0.3 is 0 Å². The molecule has 10 heavy (non-hydrogen) atoms. The topological polar surface area (TPSA) is 72.3 Å². The molecule has 0 aromatic rings. The highest BCUT2D eigenvalue weighted by molar-refractivity contribution is 4.85. The van der Waals surface area contributed by atoms with Crippen molar-refractivity contribution in [2.24, 2.45) is 17.4 Å². The van der Waals surface area contributed by atoms with E-state index in [1.165, 1.54) is 6.42 Å². The Kier molecular flexibility index (Phi) is 2.65. The van der Waals surface area contributed by atoms with E-state index in [1.54, 1.807) is 0 Å². The van der Waals surface area contributed by atoms with Crippen LogP contribution in [0.1, 0.15) is 19.3 Å². The van der Waals surface area contributed by atoms with E-state index in [0.717, 1.165) is 12.8 Å². The first-order valence-electron chi connectivity index (χ1n) is 3.89. The Bertz CT molecular complexity index is 99.0. The minimum Gasteiger partial charge on any atom is -0.390 e. The second kappa shape index (κ2) is 3.32. The summed E-state index contributed by atoms with van der Waals surface area (Å²) in [5.74, 6) is 0.526. The first-order valence-corrected chi connectivity index (χ1v) is 3.89. The summed E-state index contributed by atoms with van der Waals surface area (Å²) in [6, 6.07) is -0.0845. The Balaban J connectivity index is 2.24. The number of rotatable bonds is 3. The normalized spacial score (nSPS) is 25.5. The van der Waals surface area contributed by atoms with Crippen LogP contribution in [-0.4, -0.2) is 23.8 Å². The van der Waals surface area contributed by atoms with Gasteiger partial charge in [-0.05, 0) is 18.8 Å². The fraction of sp³-hybridized carbons (Fsp3) is 1.00. The molecule has 0 spiro atoms. The highest BCUT2D eigenvalue weighted by atomic mass is 16.3. The lowest BCUT2D eigenvalue weighted by molar-refractivity contribution is 0.0964. The molecule has 1 aliphatic rings. The molecular weight excluding hydrogens is 128 g/mol. The molecular formula is C7H16N2O. The lowest BCUT2D eigenvalue weighted by atomic mass is 9.78. The maximum absolute atomic E-state index is 9.21. The van der Waals surface area contributed by atoms with Crippen LogP contribution in [0.5, 0.6) is 0 Å². The summed E-state index contributed by atoms with van der Waals surface area (Å²) < 4.78 is 0. The van der Waals surface area contributed by atoms with Crippen LogP contribution in [0.2, 0.25) is 0 Å². The Hall–Kier alpha value is -0.120. The Morgan fingerprint density at radius 1 is 1.50 bits per heavy atom. The van der Waals surface area contributed by atoms with E-state index in [1.807, 2.05) is 0 Å². The van der Waals surface area contributed by atoms with E-state index >= 15 is 0 Å². The van der Waals surface area contributed by atoms with Gasteiger partial charge in [-0.2, -0.15) is 0 Å². The molecule has 1 aliphatic carbocycles. The molecule has 2 atom stereocenters. The molecule has 3 nitrogen and oxygen atoms in total. The van der Waals surface area contributed by atoms with Crippen molar-refractivity contribution in [3.8, 4) is 0 Å². The molecule has 0 aromatic carbocycles. The zero-order chi connectivity index (χ0) is 7.56. The van der Waals surface area contributed by atoms with E-state index < -0.39 is 6.10 Å². The summed E-state index contributed by atoms with van der Waals surface area (Å²) in [6.45, 7) is 0.289. The lowest BCUT2D eigenvalue weighted by Gasteiger charge is -2.33. The number of aliphatic hydroxyl groups is 1. The van der Waals surface area contributed by atoms with Gasteiger partial charge in [-0.3, -0.25) is 0 Å². The molecule has 0 aliphatic heterocycles. The van der Waals surface area contributed by atoms with Gasteiger partial charge in [0, 0.05) is 12.6 Å². The predicted molar refractivity (Wildman–Crippen MR) is 40.4 cm³/mol. The number of hydrogen-bond acceptors (Lipinski definition) is 3. The van der Waals surface area contributed by atoms with Gasteiger partial charge in [0.25, 0.3) is 0 Å². The quantitative estimate of drug-likeness (QED) is 0.497. The first-order chi connectivity index (χ1) is 4.75. The van der Waals surface area contributed by atoms with Crippen molar-refractivity contribution in [3.05, 3.63) is 0 Å². The molecule has 2 unspecified atom stereocenters. The van der Waals surface area contributed by atoms with Gasteiger partial charge in [0.05, 0.1) is 6.10 Å². The van der Waals surface area contributed by atoms with Crippen LogP contribution >= 0.6 is 0 Å². The maximum atomic E-state index is 9.21. The van der Waals surface area contributed by atoms with Gasteiger partial charge in [0.1, 0.15) is 0 Å². The summed E-state index contributed by atoms with van der Waals surface area (Å²) in [7, 11) is 0. The fourth-order valence-electron chi connectivity index (χ4n) is 1.30. The van der Waals surface area contributed by atoms with E-state index in [2.05, 4.69) is 0 Å². The van der Waals surface area contributed by atoms with Crippen LogP contribution < -0.4 is 11.5 Å². The van der Waals surface area contributed by atoms with Crippen LogP contribution in [0, 0.1) is 5.92 Å². The largest absolute Gasteiger partial charge is 0.390 e. The van der Waals surface area contributed by atoms with Crippen molar-refractivity contribution in [1.82, 2.24) is 0 Å². The molecule has 0 radical (unpaired) electrons. The zero-order valence-corrected chi connectivity index (χ0v) is 6.16. The summed E-state index contributed by atoms with van der Waals surface area (Å²) in [5, 5.41) is 9.21. The van der Waals surface area contributed by atoms with E-state index in [9.17, 15) is 5.11 Å². The van der Waals surface area contributed by atoms with Gasteiger partial charge in [-0.1, -0.05) is 6.42 Å². The van der Waals surface area contributed by atoms with Gasteiger partial charge in [-0.25, -0.2) is 0 Å². The van der Waals surface area contributed by atoms with E-state index in [-0.39, 0.29) is 12.6 Å². The summed E-state index contributed by atoms with van der Waals surface area (Å²) in [6.07, 6.45) is 3.09. The van der Waals surface area contributed by atoms with Gasteiger partial charge in [-0.15, -0.1) is 0 Å². The molecule has 1 fully saturated rings. The molecule has 1 rings (SSSR count). The standard InChI is InChI=1S/C7H16N2O/c8-4-6(10)7(9)5-2-1-3-5/h5-7,10H,1-4,8-9H2. The molecule has 0 heterocycles. The van der Waals surface area contributed by atoms with E-state index in [4.69, 9.17) is 11.5 Å². The van der Waals surface area contributed by atoms with Gasteiger partial charge in [0.15, 0.2) is 0 Å². The highest BCUT2D eigenvalue weighted by Gasteiger charge is 2.28. The van der Waals surface area contributed by atoms with Crippen LogP contribution in [0.3, 0.4) is 0 Å². The first kappa shape index (κ1) is 7.98. The molecule has 0 bridgehead atoms. The smallest absolute Gasteiger partial charge is 0.0815 e. The van der Waals surface area contributed by atoms with Crippen LogP contribution in [0.4, 0.5) is 0 Å². The Morgan fingerprint density at radius 3 is 2.40 bits per heavy atom.